The van der Waals surface area contributed by atoms with E-state index in [0.29, 0.717) is 17.9 Å². The fraction of sp³-hybridized carbons (Fsp3) is 0.200. The van der Waals surface area contributed by atoms with Gasteiger partial charge in [-0.1, -0.05) is 42.5 Å². The Morgan fingerprint density at radius 1 is 1.08 bits per heavy atom. The Labute approximate surface area is 146 Å². The van der Waals surface area contributed by atoms with Crippen LogP contribution >= 0.6 is 0 Å². The van der Waals surface area contributed by atoms with E-state index in [1.54, 1.807) is 25.1 Å². The lowest BCUT2D eigenvalue weighted by Gasteiger charge is -2.08. The number of rotatable bonds is 8. The summed E-state index contributed by atoms with van der Waals surface area (Å²) in [7, 11) is 0. The summed E-state index contributed by atoms with van der Waals surface area (Å²) in [6, 6.07) is 16.9. The molecule has 5 heteroatoms. The molecule has 2 aromatic carbocycles. The van der Waals surface area contributed by atoms with Crippen molar-refractivity contribution in [3.63, 3.8) is 0 Å². The van der Waals surface area contributed by atoms with Gasteiger partial charge in [-0.2, -0.15) is 0 Å². The van der Waals surface area contributed by atoms with Crippen LogP contribution in [0, 0.1) is 0 Å². The van der Waals surface area contributed by atoms with Gasteiger partial charge in [0.1, 0.15) is 12.4 Å². The molecule has 0 fully saturated rings. The molecule has 0 atom stereocenters. The maximum atomic E-state index is 11.9. The Balaban J connectivity index is 2.14. The number of hydrogen-bond acceptors (Lipinski definition) is 4. The first-order valence-corrected chi connectivity index (χ1v) is 7.94. The lowest BCUT2D eigenvalue weighted by Crippen LogP contribution is -2.11. The van der Waals surface area contributed by atoms with Crippen LogP contribution in [0.3, 0.4) is 0 Å². The standard InChI is InChI=1S/C20H20O5/c1-2-24-20(23)17(13-19(21)22)11-16-9-6-10-18(12-16)25-14-15-7-4-3-5-8-15/h3-12H,2,13-14H2,1H3,(H,21,22)/b17-11-. The third-order valence-electron chi connectivity index (χ3n) is 3.33. The molecule has 0 unspecified atom stereocenters. The van der Waals surface area contributed by atoms with Crippen molar-refractivity contribution in [1.29, 1.82) is 0 Å². The Bertz CT molecular complexity index is 750. The van der Waals surface area contributed by atoms with Gasteiger partial charge in [-0.15, -0.1) is 0 Å². The first-order valence-electron chi connectivity index (χ1n) is 7.94. The number of carbonyl (C=O) groups excluding carboxylic acids is 1. The fourth-order valence-electron chi connectivity index (χ4n) is 2.21. The molecule has 0 radical (unpaired) electrons. The highest BCUT2D eigenvalue weighted by atomic mass is 16.5. The first kappa shape index (κ1) is 18.3. The molecule has 0 aliphatic heterocycles. The summed E-state index contributed by atoms with van der Waals surface area (Å²) in [5, 5.41) is 8.97. The summed E-state index contributed by atoms with van der Waals surface area (Å²) in [5.41, 5.74) is 1.81. The van der Waals surface area contributed by atoms with Crippen molar-refractivity contribution in [3.8, 4) is 5.75 Å². The minimum Gasteiger partial charge on any atom is -0.489 e. The number of carboxylic acids is 1. The molecule has 0 saturated heterocycles. The van der Waals surface area contributed by atoms with Gasteiger partial charge in [-0.3, -0.25) is 4.79 Å². The zero-order chi connectivity index (χ0) is 18.1. The average molecular weight is 340 g/mol. The first-order chi connectivity index (χ1) is 12.1. The van der Waals surface area contributed by atoms with Crippen molar-refractivity contribution in [2.75, 3.05) is 6.61 Å². The van der Waals surface area contributed by atoms with Gasteiger partial charge in [0.05, 0.1) is 13.0 Å². The maximum absolute atomic E-state index is 11.9. The number of benzene rings is 2. The number of aliphatic carboxylic acids is 1. The van der Waals surface area contributed by atoms with E-state index in [1.165, 1.54) is 6.08 Å². The quantitative estimate of drug-likeness (QED) is 0.586. The van der Waals surface area contributed by atoms with Crippen LogP contribution < -0.4 is 4.74 Å². The SMILES string of the molecule is CCOC(=O)/C(=C\c1cccc(OCc2ccccc2)c1)CC(=O)O. The van der Waals surface area contributed by atoms with Crippen molar-refractivity contribution in [3.05, 3.63) is 71.3 Å². The van der Waals surface area contributed by atoms with Crippen LogP contribution in [0.25, 0.3) is 6.08 Å². The van der Waals surface area contributed by atoms with E-state index in [9.17, 15) is 9.59 Å². The molecule has 130 valence electrons. The summed E-state index contributed by atoms with van der Waals surface area (Å²) >= 11 is 0. The predicted molar refractivity (Wildman–Crippen MR) is 94.1 cm³/mol. The molecule has 0 aliphatic carbocycles. The zero-order valence-electron chi connectivity index (χ0n) is 14.0. The van der Waals surface area contributed by atoms with Gasteiger partial charge in [0, 0.05) is 5.57 Å². The van der Waals surface area contributed by atoms with E-state index in [1.807, 2.05) is 36.4 Å². The highest BCUT2D eigenvalue weighted by Crippen LogP contribution is 2.19. The van der Waals surface area contributed by atoms with Crippen LogP contribution in [-0.2, 0) is 20.9 Å². The number of hydrogen-bond donors (Lipinski definition) is 1. The van der Waals surface area contributed by atoms with Gasteiger partial charge in [0.25, 0.3) is 0 Å². The van der Waals surface area contributed by atoms with Crippen LogP contribution in [0.2, 0.25) is 0 Å². The number of ether oxygens (including phenoxy) is 2. The number of carbonyl (C=O) groups is 2. The Morgan fingerprint density at radius 3 is 2.52 bits per heavy atom. The maximum Gasteiger partial charge on any atom is 0.334 e. The van der Waals surface area contributed by atoms with Crippen molar-refractivity contribution in [2.24, 2.45) is 0 Å². The lowest BCUT2D eigenvalue weighted by molar-refractivity contribution is -0.142. The van der Waals surface area contributed by atoms with E-state index < -0.39 is 18.4 Å². The van der Waals surface area contributed by atoms with E-state index in [2.05, 4.69) is 0 Å². The fourth-order valence-corrected chi connectivity index (χ4v) is 2.21. The Kier molecular flexibility index (Phi) is 6.77. The number of carboxylic acid groups (broad SMARTS) is 1. The van der Waals surface area contributed by atoms with Crippen LogP contribution in [0.15, 0.2) is 60.2 Å². The largest absolute Gasteiger partial charge is 0.489 e. The lowest BCUT2D eigenvalue weighted by atomic mass is 10.1. The van der Waals surface area contributed by atoms with Gasteiger partial charge in [0.2, 0.25) is 0 Å². The summed E-state index contributed by atoms with van der Waals surface area (Å²) in [5.74, 6) is -1.08. The highest BCUT2D eigenvalue weighted by Gasteiger charge is 2.14. The molecular weight excluding hydrogens is 320 g/mol. The van der Waals surface area contributed by atoms with Crippen molar-refractivity contribution in [1.82, 2.24) is 0 Å². The smallest absolute Gasteiger partial charge is 0.334 e. The second-order valence-corrected chi connectivity index (χ2v) is 5.31. The molecule has 0 aromatic heterocycles. The third-order valence-corrected chi connectivity index (χ3v) is 3.33. The van der Waals surface area contributed by atoms with Gasteiger partial charge in [0.15, 0.2) is 0 Å². The molecule has 0 aliphatic rings. The molecule has 25 heavy (non-hydrogen) atoms. The van der Waals surface area contributed by atoms with Crippen LogP contribution in [0.1, 0.15) is 24.5 Å². The van der Waals surface area contributed by atoms with E-state index in [-0.39, 0.29) is 12.2 Å². The molecule has 0 spiro atoms. The van der Waals surface area contributed by atoms with Crippen LogP contribution in [0.4, 0.5) is 0 Å². The molecule has 0 saturated carbocycles. The minimum absolute atomic E-state index is 0.0922. The molecule has 5 nitrogen and oxygen atoms in total. The molecular formula is C20H20O5. The molecule has 2 aromatic rings. The Morgan fingerprint density at radius 2 is 1.84 bits per heavy atom. The summed E-state index contributed by atoms with van der Waals surface area (Å²) in [6.45, 7) is 2.29. The average Bonchev–Trinajstić information content (AvgIpc) is 2.60. The topological polar surface area (TPSA) is 72.8 Å². The highest BCUT2D eigenvalue weighted by molar-refractivity contribution is 5.98. The second-order valence-electron chi connectivity index (χ2n) is 5.31. The predicted octanol–water partition coefficient (Wildman–Crippen LogP) is 3.69. The van der Waals surface area contributed by atoms with Crippen molar-refractivity contribution < 1.29 is 24.2 Å². The van der Waals surface area contributed by atoms with Crippen LogP contribution in [-0.4, -0.2) is 23.7 Å². The molecule has 1 N–H and O–H groups in total. The van der Waals surface area contributed by atoms with Gasteiger partial charge >= 0.3 is 11.9 Å². The zero-order valence-corrected chi connectivity index (χ0v) is 14.0. The van der Waals surface area contributed by atoms with Crippen molar-refractivity contribution >= 4 is 18.0 Å². The number of esters is 1. The summed E-state index contributed by atoms with van der Waals surface area (Å²) in [4.78, 5) is 22.9. The van der Waals surface area contributed by atoms with E-state index >= 15 is 0 Å². The second kappa shape index (κ2) is 9.27. The third kappa shape index (κ3) is 6.14. The van der Waals surface area contributed by atoms with Gasteiger partial charge < -0.3 is 14.6 Å². The van der Waals surface area contributed by atoms with Gasteiger partial charge in [-0.25, -0.2) is 4.79 Å². The van der Waals surface area contributed by atoms with Gasteiger partial charge in [-0.05, 0) is 36.3 Å². The molecule has 0 amide bonds. The monoisotopic (exact) mass is 340 g/mol. The molecule has 0 heterocycles. The van der Waals surface area contributed by atoms with E-state index in [4.69, 9.17) is 14.6 Å². The summed E-state index contributed by atoms with van der Waals surface area (Å²) in [6.07, 6.45) is 1.12. The molecule has 2 rings (SSSR count). The van der Waals surface area contributed by atoms with Crippen LogP contribution in [0.5, 0.6) is 5.75 Å². The normalized spacial score (nSPS) is 11.0. The van der Waals surface area contributed by atoms with E-state index in [0.717, 1.165) is 5.56 Å². The van der Waals surface area contributed by atoms with Crippen molar-refractivity contribution in [2.45, 2.75) is 20.0 Å². The summed E-state index contributed by atoms with van der Waals surface area (Å²) < 4.78 is 10.7. The Hall–Kier alpha value is -3.08. The molecule has 0 bridgehead atoms. The minimum atomic E-state index is -1.09.